The van der Waals surface area contributed by atoms with Crippen LogP contribution in [0.15, 0.2) is 121 Å². The molecule has 0 saturated carbocycles. The summed E-state index contributed by atoms with van der Waals surface area (Å²) in [6, 6.07) is 35.7. The first-order valence-electron chi connectivity index (χ1n) is 15.3. The Hall–Kier alpha value is -3.33. The summed E-state index contributed by atoms with van der Waals surface area (Å²) in [6.45, 7) is 0. The zero-order valence-corrected chi connectivity index (χ0v) is 47.3. The number of benzene rings is 5. The van der Waals surface area contributed by atoms with Gasteiger partial charge in [0.2, 0.25) is 0 Å². The van der Waals surface area contributed by atoms with Crippen LogP contribution < -0.4 is 14.1 Å². The summed E-state index contributed by atoms with van der Waals surface area (Å²) in [5.74, 6) is 2.24. The van der Waals surface area contributed by atoms with Gasteiger partial charge in [0.15, 0.2) is 0 Å². The number of hydrogen-bond donors (Lipinski definition) is 0. The Bertz CT molecular complexity index is 1850. The van der Waals surface area contributed by atoms with Crippen LogP contribution in [0.5, 0.6) is 28.7 Å². The second kappa shape index (κ2) is 28.3. The molecule has 0 spiro atoms. The molecule has 0 saturated heterocycles. The SMILES string of the molecule is O.O.O.O.O.O=C1[O][Bi][O]c2ccccc21.O=C1[O][Bi][O]c2ccccc21.O=C1[O][Bi][O]c2ccccc21.O=C1[O][Bi][O]c2ccccc21.O=C1[O][Bi][O]c2ccccc21. The van der Waals surface area contributed by atoms with Gasteiger partial charge < -0.3 is 27.4 Å². The Kier molecular flexibility index (Phi) is 25.8. The molecule has 0 fully saturated rings. The van der Waals surface area contributed by atoms with Gasteiger partial charge in [0.1, 0.15) is 0 Å². The Morgan fingerprint density at radius 1 is 0.233 bits per heavy atom. The Morgan fingerprint density at radius 3 is 0.533 bits per heavy atom. The number of carbonyl (C=O) groups is 5. The van der Waals surface area contributed by atoms with Crippen molar-refractivity contribution in [3.63, 3.8) is 0 Å². The molecule has 315 valence electrons. The zero-order valence-electron chi connectivity index (χ0n) is 29.9. The standard InChI is InChI=1S/5C7H6O3.5Bi.5H2O/c5*8-6-4-2-1-3-5(6)7(9)10;;;;;;;;;;/h5*1-4,8H,(H,9,10);;;;;;5*1H2/q;;;;;5*+2;;;;;/p-10. The van der Waals surface area contributed by atoms with E-state index in [9.17, 15) is 24.0 Å². The minimum atomic E-state index is -1.43. The van der Waals surface area contributed by atoms with Crippen LogP contribution in [0.3, 0.4) is 0 Å². The minimum absolute atomic E-state index is 0. The fourth-order valence-electron chi connectivity index (χ4n) is 4.28. The predicted molar refractivity (Wildman–Crippen MR) is 209 cm³/mol. The van der Waals surface area contributed by atoms with Crippen molar-refractivity contribution in [2.75, 3.05) is 0 Å². The van der Waals surface area contributed by atoms with Crippen LogP contribution in [0.25, 0.3) is 0 Å². The average molecular weight is 1820 g/mol. The van der Waals surface area contributed by atoms with E-state index in [-0.39, 0.29) is 57.2 Å². The molecule has 0 aromatic heterocycles. The monoisotopic (exact) mass is 1820 g/mol. The van der Waals surface area contributed by atoms with Gasteiger partial charge in [0.05, 0.1) is 0 Å². The van der Waals surface area contributed by atoms with Crippen molar-refractivity contribution in [1.82, 2.24) is 0 Å². The topological polar surface area (TPSA) is 335 Å². The van der Waals surface area contributed by atoms with Crippen molar-refractivity contribution in [3.05, 3.63) is 149 Å². The van der Waals surface area contributed by atoms with E-state index in [0.29, 0.717) is 56.6 Å². The molecule has 5 radical (unpaired) electrons. The van der Waals surface area contributed by atoms with Crippen LogP contribution in [0.4, 0.5) is 0 Å². The van der Waals surface area contributed by atoms with Crippen LogP contribution in [-0.4, -0.2) is 178 Å². The second-order valence-corrected chi connectivity index (χ2v) is 20.2. The first-order valence-corrected chi connectivity index (χ1v) is 29.5. The van der Waals surface area contributed by atoms with E-state index in [0.717, 1.165) is 0 Å². The third-order valence-electron chi connectivity index (χ3n) is 6.81. The molecule has 5 aromatic carbocycles. The first-order chi connectivity index (χ1) is 26.9. The second-order valence-electron chi connectivity index (χ2n) is 10.2. The molecule has 0 atom stereocenters. The molecule has 0 unspecified atom stereocenters. The molecule has 60 heavy (non-hydrogen) atoms. The van der Waals surface area contributed by atoms with Crippen LogP contribution in [-0.2, 0) is 14.1 Å². The van der Waals surface area contributed by atoms with Gasteiger partial charge in [-0.2, -0.15) is 0 Å². The summed E-state index contributed by atoms with van der Waals surface area (Å²) in [4.78, 5) is 55.1. The van der Waals surface area contributed by atoms with Crippen molar-refractivity contribution in [1.29, 1.82) is 0 Å². The van der Waals surface area contributed by atoms with Crippen LogP contribution in [0.1, 0.15) is 51.8 Å². The number of carbonyl (C=O) groups excluding carboxylic acids is 5. The molecule has 5 heterocycles. The summed E-state index contributed by atoms with van der Waals surface area (Å²) < 4.78 is 50.3. The molecular formula is C35H30Bi5O20. The van der Waals surface area contributed by atoms with Gasteiger partial charge in [-0.3, -0.25) is 0 Å². The van der Waals surface area contributed by atoms with Crippen molar-refractivity contribution in [3.8, 4) is 28.7 Å². The Labute approximate surface area is 403 Å². The Balaban J connectivity index is 0.000000367. The predicted octanol–water partition coefficient (Wildman–Crippen LogP) is -0.274. The molecule has 25 heteroatoms. The molecule has 5 aromatic rings. The molecule has 0 aliphatic carbocycles. The summed E-state index contributed by atoms with van der Waals surface area (Å²) >= 11 is -7.17. The van der Waals surface area contributed by atoms with E-state index >= 15 is 0 Å². The van der Waals surface area contributed by atoms with Gasteiger partial charge in [-0.15, -0.1) is 0 Å². The fraction of sp³-hybridized carbons (Fsp3) is 0. The van der Waals surface area contributed by atoms with Gasteiger partial charge in [-0.25, -0.2) is 0 Å². The van der Waals surface area contributed by atoms with Gasteiger partial charge in [-0.1, -0.05) is 0 Å². The molecule has 0 bridgehead atoms. The molecule has 5 aliphatic rings. The van der Waals surface area contributed by atoms with E-state index in [1.54, 1.807) is 91.0 Å². The summed E-state index contributed by atoms with van der Waals surface area (Å²) in [6.07, 6.45) is 0. The third-order valence-corrected chi connectivity index (χ3v) is 16.8. The number of para-hydroxylation sites is 5. The van der Waals surface area contributed by atoms with E-state index < -0.39 is 121 Å². The molecule has 10 N–H and O–H groups in total. The van der Waals surface area contributed by atoms with Crippen molar-refractivity contribution < 1.29 is 79.5 Å². The molecule has 10 rings (SSSR count). The van der Waals surface area contributed by atoms with Gasteiger partial charge in [0, 0.05) is 0 Å². The van der Waals surface area contributed by atoms with E-state index in [2.05, 4.69) is 0 Å². The van der Waals surface area contributed by atoms with Crippen LogP contribution >= 0.6 is 0 Å². The molecule has 0 amide bonds. The maximum atomic E-state index is 11.0. The fourth-order valence-corrected chi connectivity index (χ4v) is 12.9. The summed E-state index contributed by atoms with van der Waals surface area (Å²) in [5, 5.41) is 0. The van der Waals surface area contributed by atoms with Crippen molar-refractivity contribution in [2.45, 2.75) is 0 Å². The summed E-state index contributed by atoms with van der Waals surface area (Å²) in [5.41, 5.74) is 2.72. The first kappa shape index (κ1) is 54.7. The normalized spacial score (nSPS) is 13.5. The molecular weight excluding hydrogens is 1790 g/mol. The molecule has 20 nitrogen and oxygen atoms in total. The number of hydrogen-bond acceptors (Lipinski definition) is 15. The third kappa shape index (κ3) is 15.2. The Morgan fingerprint density at radius 2 is 0.383 bits per heavy atom. The quantitative estimate of drug-likeness (QED) is 0.180. The van der Waals surface area contributed by atoms with Gasteiger partial charge >= 0.3 is 380 Å². The van der Waals surface area contributed by atoms with Gasteiger partial charge in [-0.05, 0) is 0 Å². The zero-order chi connectivity index (χ0) is 38.4. The van der Waals surface area contributed by atoms with Crippen molar-refractivity contribution in [2.24, 2.45) is 0 Å². The summed E-state index contributed by atoms with van der Waals surface area (Å²) in [7, 11) is 0. The van der Waals surface area contributed by atoms with E-state index in [4.69, 9.17) is 28.1 Å². The van der Waals surface area contributed by atoms with Crippen LogP contribution in [0, 0.1) is 0 Å². The molecule has 5 aliphatic heterocycles. The van der Waals surface area contributed by atoms with Crippen LogP contribution in [0.2, 0.25) is 0 Å². The van der Waals surface area contributed by atoms with E-state index in [1.807, 2.05) is 30.3 Å². The number of fused-ring (bicyclic) bond motifs is 5. The number of rotatable bonds is 0. The van der Waals surface area contributed by atoms with Gasteiger partial charge in [0.25, 0.3) is 0 Å². The van der Waals surface area contributed by atoms with E-state index in [1.165, 1.54) is 0 Å². The van der Waals surface area contributed by atoms with Crippen molar-refractivity contribution >= 4 is 150 Å². The maximum absolute atomic E-state index is 11.0. The average Bonchev–Trinajstić information content (AvgIpc) is 3.23.